The van der Waals surface area contributed by atoms with Crippen LogP contribution in [0.3, 0.4) is 0 Å². The molecule has 2 aromatic carbocycles. The van der Waals surface area contributed by atoms with E-state index in [-0.39, 0.29) is 18.4 Å². The van der Waals surface area contributed by atoms with Gasteiger partial charge in [0.05, 0.1) is 7.05 Å². The Bertz CT molecular complexity index is 1090. The Morgan fingerprint density at radius 1 is 1.06 bits per heavy atom. The second-order valence-corrected chi connectivity index (χ2v) is 8.50. The number of aryl methyl sites for hydroxylation is 1. The van der Waals surface area contributed by atoms with Crippen LogP contribution in [0.25, 0.3) is 22.5 Å². The van der Waals surface area contributed by atoms with Crippen molar-refractivity contribution < 1.29 is 14.7 Å². The molecule has 0 saturated heterocycles. The predicted octanol–water partition coefficient (Wildman–Crippen LogP) is 4.17. The summed E-state index contributed by atoms with van der Waals surface area (Å²) in [6, 6.07) is 14.8. The average Bonchev–Trinajstić information content (AvgIpc) is 3.23. The van der Waals surface area contributed by atoms with E-state index in [9.17, 15) is 14.7 Å². The minimum absolute atomic E-state index is 0.124. The molecule has 1 atom stereocenters. The molecule has 1 amide bonds. The zero-order valence-corrected chi connectivity index (χ0v) is 19.6. The van der Waals surface area contributed by atoms with Crippen molar-refractivity contribution in [2.45, 2.75) is 52.6 Å². The number of carbonyl (C=O) groups is 2. The normalized spacial score (nSPS) is 12.0. The number of carboxylic acid groups (broad SMARTS) is 1. The number of nitrogens with zero attached hydrogens (tertiary/aromatic N) is 5. The molecular weight excluding hydrogens is 418 g/mol. The number of aliphatic carboxylic acids is 1. The summed E-state index contributed by atoms with van der Waals surface area (Å²) in [5, 5.41) is 22.2. The molecule has 0 bridgehead atoms. The molecule has 0 fully saturated rings. The average molecular weight is 450 g/mol. The van der Waals surface area contributed by atoms with Gasteiger partial charge in [-0.25, -0.2) is 4.79 Å². The molecule has 3 rings (SSSR count). The van der Waals surface area contributed by atoms with Gasteiger partial charge in [0.1, 0.15) is 6.04 Å². The Labute approximate surface area is 194 Å². The molecule has 8 heteroatoms. The van der Waals surface area contributed by atoms with E-state index in [4.69, 9.17) is 0 Å². The number of tetrazole rings is 1. The SMILES string of the molecule is CCCCC(=O)N(Cc1ccc(-c2ccccc2-c2nnn(C)n2)cc1)[C@H](C(=O)O)C(C)C. The first-order valence-electron chi connectivity index (χ1n) is 11.3. The lowest BCUT2D eigenvalue weighted by atomic mass is 9.97. The summed E-state index contributed by atoms with van der Waals surface area (Å²) in [6.07, 6.45) is 1.98. The van der Waals surface area contributed by atoms with E-state index < -0.39 is 12.0 Å². The van der Waals surface area contributed by atoms with Crippen LogP contribution in [0.2, 0.25) is 0 Å². The Morgan fingerprint density at radius 3 is 2.27 bits per heavy atom. The highest BCUT2D eigenvalue weighted by molar-refractivity contribution is 5.84. The van der Waals surface area contributed by atoms with Gasteiger partial charge in [0, 0.05) is 18.5 Å². The lowest BCUT2D eigenvalue weighted by Crippen LogP contribution is -2.47. The molecule has 1 N–H and O–H groups in total. The minimum Gasteiger partial charge on any atom is -0.480 e. The third-order valence-electron chi connectivity index (χ3n) is 5.58. The molecule has 0 aliphatic heterocycles. The van der Waals surface area contributed by atoms with Crippen LogP contribution in [0.5, 0.6) is 0 Å². The van der Waals surface area contributed by atoms with E-state index in [0.29, 0.717) is 12.2 Å². The largest absolute Gasteiger partial charge is 0.480 e. The highest BCUT2D eigenvalue weighted by Gasteiger charge is 2.32. The molecule has 0 saturated carbocycles. The maximum atomic E-state index is 12.9. The molecule has 0 spiro atoms. The van der Waals surface area contributed by atoms with Crippen molar-refractivity contribution in [2.24, 2.45) is 13.0 Å². The Kier molecular flexibility index (Phi) is 7.92. The lowest BCUT2D eigenvalue weighted by Gasteiger charge is -2.32. The number of aromatic nitrogens is 4. The molecule has 0 unspecified atom stereocenters. The number of unbranched alkanes of at least 4 members (excludes halogenated alkanes) is 1. The fourth-order valence-electron chi connectivity index (χ4n) is 3.90. The smallest absolute Gasteiger partial charge is 0.326 e. The van der Waals surface area contributed by atoms with Crippen molar-refractivity contribution >= 4 is 11.9 Å². The molecule has 0 aliphatic rings. The van der Waals surface area contributed by atoms with Gasteiger partial charge in [-0.15, -0.1) is 10.2 Å². The van der Waals surface area contributed by atoms with Gasteiger partial charge in [-0.2, -0.15) is 4.80 Å². The molecular formula is C25H31N5O3. The van der Waals surface area contributed by atoms with Crippen molar-refractivity contribution in [3.05, 3.63) is 54.1 Å². The highest BCUT2D eigenvalue weighted by Crippen LogP contribution is 2.30. The summed E-state index contributed by atoms with van der Waals surface area (Å²) in [5.41, 5.74) is 3.70. The Hall–Kier alpha value is -3.55. The summed E-state index contributed by atoms with van der Waals surface area (Å²) in [7, 11) is 1.73. The van der Waals surface area contributed by atoms with Crippen molar-refractivity contribution in [1.82, 2.24) is 25.1 Å². The van der Waals surface area contributed by atoms with Crippen LogP contribution in [0.15, 0.2) is 48.5 Å². The summed E-state index contributed by atoms with van der Waals surface area (Å²) in [6.45, 7) is 5.94. The van der Waals surface area contributed by atoms with E-state index in [0.717, 1.165) is 35.1 Å². The first kappa shape index (κ1) is 24.1. The van der Waals surface area contributed by atoms with Crippen molar-refractivity contribution in [1.29, 1.82) is 0 Å². The summed E-state index contributed by atoms with van der Waals surface area (Å²) in [4.78, 5) is 27.8. The number of hydrogen-bond donors (Lipinski definition) is 1. The number of rotatable bonds is 10. The fraction of sp³-hybridized carbons (Fsp3) is 0.400. The highest BCUT2D eigenvalue weighted by atomic mass is 16.4. The van der Waals surface area contributed by atoms with Crippen LogP contribution in [0, 0.1) is 5.92 Å². The number of benzene rings is 2. The summed E-state index contributed by atoms with van der Waals surface area (Å²) >= 11 is 0. The third-order valence-corrected chi connectivity index (χ3v) is 5.58. The monoisotopic (exact) mass is 449 g/mol. The van der Waals surface area contributed by atoms with Gasteiger partial charge in [-0.05, 0) is 34.2 Å². The maximum Gasteiger partial charge on any atom is 0.326 e. The molecule has 0 radical (unpaired) electrons. The van der Waals surface area contributed by atoms with E-state index in [1.807, 2.05) is 69.3 Å². The maximum absolute atomic E-state index is 12.9. The van der Waals surface area contributed by atoms with Crippen molar-refractivity contribution in [3.8, 4) is 22.5 Å². The summed E-state index contributed by atoms with van der Waals surface area (Å²) < 4.78 is 0. The Balaban J connectivity index is 1.88. The van der Waals surface area contributed by atoms with E-state index >= 15 is 0 Å². The molecule has 1 heterocycles. The number of amides is 1. The third kappa shape index (κ3) is 5.83. The molecule has 3 aromatic rings. The number of carboxylic acids is 1. The zero-order valence-electron chi connectivity index (χ0n) is 19.6. The lowest BCUT2D eigenvalue weighted by molar-refractivity contribution is -0.153. The van der Waals surface area contributed by atoms with Crippen LogP contribution in [-0.2, 0) is 23.2 Å². The van der Waals surface area contributed by atoms with Gasteiger partial charge in [0.25, 0.3) is 0 Å². The zero-order chi connectivity index (χ0) is 24.0. The van der Waals surface area contributed by atoms with Gasteiger partial charge in [0.2, 0.25) is 11.7 Å². The van der Waals surface area contributed by atoms with Gasteiger partial charge < -0.3 is 10.0 Å². The predicted molar refractivity (Wildman–Crippen MR) is 126 cm³/mol. The molecule has 8 nitrogen and oxygen atoms in total. The van der Waals surface area contributed by atoms with Crippen LogP contribution in [0.1, 0.15) is 45.6 Å². The van der Waals surface area contributed by atoms with E-state index in [2.05, 4.69) is 15.4 Å². The summed E-state index contributed by atoms with van der Waals surface area (Å²) in [5.74, 6) is -0.747. The van der Waals surface area contributed by atoms with Gasteiger partial charge >= 0.3 is 5.97 Å². The molecule has 174 valence electrons. The quantitative estimate of drug-likeness (QED) is 0.498. The fourth-order valence-corrected chi connectivity index (χ4v) is 3.90. The standard InChI is InChI=1S/C25H31N5O3/c1-5-6-11-22(31)30(23(17(2)3)25(32)33)16-18-12-14-19(15-13-18)20-9-7-8-10-21(20)24-26-28-29(4)27-24/h7-10,12-15,17,23H,5-6,11,16H2,1-4H3,(H,32,33)/t23-/m0/s1. The van der Waals surface area contributed by atoms with Gasteiger partial charge in [0.15, 0.2) is 0 Å². The first-order valence-corrected chi connectivity index (χ1v) is 11.3. The molecule has 0 aliphatic carbocycles. The van der Waals surface area contributed by atoms with Crippen molar-refractivity contribution in [2.75, 3.05) is 0 Å². The molecule has 1 aromatic heterocycles. The first-order chi connectivity index (χ1) is 15.8. The number of carbonyl (C=O) groups excluding carboxylic acids is 1. The number of hydrogen-bond acceptors (Lipinski definition) is 5. The van der Waals surface area contributed by atoms with Gasteiger partial charge in [-0.3, -0.25) is 4.79 Å². The van der Waals surface area contributed by atoms with E-state index in [1.54, 1.807) is 7.05 Å². The second kappa shape index (κ2) is 10.8. The van der Waals surface area contributed by atoms with E-state index in [1.165, 1.54) is 9.70 Å². The Morgan fingerprint density at radius 2 is 1.73 bits per heavy atom. The molecule has 33 heavy (non-hydrogen) atoms. The van der Waals surface area contributed by atoms with Crippen LogP contribution < -0.4 is 0 Å². The van der Waals surface area contributed by atoms with Crippen molar-refractivity contribution in [3.63, 3.8) is 0 Å². The topological polar surface area (TPSA) is 101 Å². The van der Waals surface area contributed by atoms with Crippen LogP contribution >= 0.6 is 0 Å². The van der Waals surface area contributed by atoms with Crippen LogP contribution in [-0.4, -0.2) is 48.1 Å². The minimum atomic E-state index is -0.975. The van der Waals surface area contributed by atoms with Crippen LogP contribution in [0.4, 0.5) is 0 Å². The van der Waals surface area contributed by atoms with Gasteiger partial charge in [-0.1, -0.05) is 75.7 Å². The second-order valence-electron chi connectivity index (χ2n) is 8.50.